The number of H-pyrrole nitrogens is 2. The minimum atomic E-state index is -0.303. The van der Waals surface area contributed by atoms with Crippen LogP contribution in [-0.2, 0) is 17.7 Å². The monoisotopic (exact) mass is 368 g/mol. The van der Waals surface area contributed by atoms with Crippen molar-refractivity contribution in [3.63, 3.8) is 0 Å². The van der Waals surface area contributed by atoms with Crippen molar-refractivity contribution in [1.29, 1.82) is 0 Å². The predicted molar refractivity (Wildman–Crippen MR) is 98.0 cm³/mol. The number of halogens is 1. The van der Waals surface area contributed by atoms with E-state index < -0.39 is 0 Å². The fourth-order valence-electron chi connectivity index (χ4n) is 4.21. The van der Waals surface area contributed by atoms with Gasteiger partial charge in [-0.1, -0.05) is 0 Å². The van der Waals surface area contributed by atoms with Gasteiger partial charge >= 0.3 is 0 Å². The molecule has 1 amide bonds. The van der Waals surface area contributed by atoms with Gasteiger partial charge in [0.1, 0.15) is 17.6 Å². The van der Waals surface area contributed by atoms with Crippen LogP contribution in [0.1, 0.15) is 51.9 Å². The number of rotatable bonds is 2. The van der Waals surface area contributed by atoms with Gasteiger partial charge in [-0.3, -0.25) is 9.89 Å². The lowest BCUT2D eigenvalue weighted by atomic mass is 10.0. The van der Waals surface area contributed by atoms with E-state index >= 15 is 0 Å². The van der Waals surface area contributed by atoms with Gasteiger partial charge in [0.15, 0.2) is 0 Å². The molecule has 140 valence electrons. The highest BCUT2D eigenvalue weighted by Gasteiger charge is 2.31. The number of carbonyl (C=O) groups excluding carboxylic acids is 1. The quantitative estimate of drug-likeness (QED) is 0.728. The molecule has 0 aliphatic carbocycles. The van der Waals surface area contributed by atoms with Crippen molar-refractivity contribution in [3.8, 4) is 0 Å². The van der Waals surface area contributed by atoms with Gasteiger partial charge < -0.3 is 14.6 Å². The van der Waals surface area contributed by atoms with Crippen LogP contribution in [0.25, 0.3) is 10.9 Å². The molecule has 6 nitrogen and oxygen atoms in total. The van der Waals surface area contributed by atoms with Gasteiger partial charge in [0, 0.05) is 48.3 Å². The molecule has 0 radical (unpaired) electrons. The Morgan fingerprint density at radius 2 is 2.26 bits per heavy atom. The van der Waals surface area contributed by atoms with Gasteiger partial charge in [0.25, 0.3) is 5.91 Å². The highest BCUT2D eigenvalue weighted by molar-refractivity contribution is 5.99. The van der Waals surface area contributed by atoms with Gasteiger partial charge in [-0.15, -0.1) is 0 Å². The Morgan fingerprint density at radius 1 is 1.37 bits per heavy atom. The third-order valence-corrected chi connectivity index (χ3v) is 5.63. The van der Waals surface area contributed by atoms with E-state index in [9.17, 15) is 9.18 Å². The number of hydrogen-bond acceptors (Lipinski definition) is 3. The van der Waals surface area contributed by atoms with Crippen LogP contribution in [0, 0.1) is 12.7 Å². The smallest absolute Gasteiger partial charge is 0.270 e. The van der Waals surface area contributed by atoms with Crippen LogP contribution in [0.3, 0.4) is 0 Å². The van der Waals surface area contributed by atoms with E-state index in [0.717, 1.165) is 53.8 Å². The summed E-state index contributed by atoms with van der Waals surface area (Å²) in [6.07, 6.45) is 2.78. The summed E-state index contributed by atoms with van der Waals surface area (Å²) in [6, 6.07) is 4.73. The first-order chi connectivity index (χ1) is 13.1. The van der Waals surface area contributed by atoms with E-state index in [1.165, 1.54) is 12.1 Å². The van der Waals surface area contributed by atoms with Crippen molar-refractivity contribution in [3.05, 3.63) is 52.2 Å². The maximum absolute atomic E-state index is 13.6. The molecule has 1 fully saturated rings. The molecule has 27 heavy (non-hydrogen) atoms. The number of aryl methyl sites for hydroxylation is 1. The molecular formula is C20H21FN4O2. The zero-order chi connectivity index (χ0) is 18.5. The number of aromatic amines is 2. The van der Waals surface area contributed by atoms with Crippen LogP contribution in [-0.4, -0.2) is 39.1 Å². The maximum Gasteiger partial charge on any atom is 0.270 e. The molecule has 1 unspecified atom stereocenters. The summed E-state index contributed by atoms with van der Waals surface area (Å²) < 4.78 is 19.4. The summed E-state index contributed by atoms with van der Waals surface area (Å²) >= 11 is 0. The van der Waals surface area contributed by atoms with E-state index in [1.807, 2.05) is 17.9 Å². The average Bonchev–Trinajstić information content (AvgIpc) is 3.38. The first-order valence-corrected chi connectivity index (χ1v) is 9.36. The lowest BCUT2D eigenvalue weighted by molar-refractivity contribution is 0.0722. The molecule has 2 aliphatic rings. The minimum absolute atomic E-state index is 0.0266. The van der Waals surface area contributed by atoms with Crippen molar-refractivity contribution >= 4 is 16.8 Å². The Balaban J connectivity index is 1.44. The van der Waals surface area contributed by atoms with Crippen molar-refractivity contribution in [1.82, 2.24) is 20.1 Å². The van der Waals surface area contributed by atoms with Crippen LogP contribution in [0.5, 0.6) is 0 Å². The second-order valence-electron chi connectivity index (χ2n) is 7.41. The van der Waals surface area contributed by atoms with Gasteiger partial charge in [-0.05, 0) is 43.5 Å². The SMILES string of the molecule is Cc1cc(F)cc2[nH]c(C(=O)N3CCc4[nH]nc(C5CCCO5)c4C3)cc12. The number of amides is 1. The molecule has 4 heterocycles. The van der Waals surface area contributed by atoms with Crippen LogP contribution in [0.4, 0.5) is 4.39 Å². The fourth-order valence-corrected chi connectivity index (χ4v) is 4.21. The van der Waals surface area contributed by atoms with Crippen molar-refractivity contribution in [2.24, 2.45) is 0 Å². The molecule has 3 aromatic rings. The maximum atomic E-state index is 13.6. The lowest BCUT2D eigenvalue weighted by Crippen LogP contribution is -2.36. The van der Waals surface area contributed by atoms with Crippen LogP contribution < -0.4 is 0 Å². The van der Waals surface area contributed by atoms with Crippen LogP contribution in [0.15, 0.2) is 18.2 Å². The molecule has 7 heteroatoms. The molecule has 0 bridgehead atoms. The number of benzene rings is 1. The predicted octanol–water partition coefficient (Wildman–Crippen LogP) is 3.39. The Hall–Kier alpha value is -2.67. The number of nitrogens with one attached hydrogen (secondary N) is 2. The normalized spacial score (nSPS) is 19.6. The van der Waals surface area contributed by atoms with Gasteiger partial charge in [-0.25, -0.2) is 4.39 Å². The van der Waals surface area contributed by atoms with Gasteiger partial charge in [0.05, 0.1) is 5.69 Å². The molecule has 2 aromatic heterocycles. The molecule has 0 saturated carbocycles. The first-order valence-electron chi connectivity index (χ1n) is 9.36. The van der Waals surface area contributed by atoms with Crippen molar-refractivity contribution in [2.45, 2.75) is 38.8 Å². The van der Waals surface area contributed by atoms with E-state index in [1.54, 1.807) is 0 Å². The molecule has 1 aromatic carbocycles. The third kappa shape index (κ3) is 2.73. The molecule has 2 aliphatic heterocycles. The van der Waals surface area contributed by atoms with Crippen molar-refractivity contribution in [2.75, 3.05) is 13.2 Å². The summed E-state index contributed by atoms with van der Waals surface area (Å²) in [4.78, 5) is 18.0. The summed E-state index contributed by atoms with van der Waals surface area (Å²) in [7, 11) is 0. The number of fused-ring (bicyclic) bond motifs is 2. The van der Waals surface area contributed by atoms with Crippen molar-refractivity contribution < 1.29 is 13.9 Å². The molecule has 1 saturated heterocycles. The Morgan fingerprint density at radius 3 is 3.07 bits per heavy atom. The summed E-state index contributed by atoms with van der Waals surface area (Å²) in [6.45, 7) is 3.75. The largest absolute Gasteiger partial charge is 0.372 e. The second-order valence-corrected chi connectivity index (χ2v) is 7.41. The standard InChI is InChI=1S/C20H21FN4O2/c1-11-7-12(21)8-16-13(11)9-17(22-16)20(26)25-5-4-15-14(10-25)19(24-23-15)18-3-2-6-27-18/h7-9,18,22H,2-6,10H2,1H3,(H,23,24). The Bertz CT molecular complexity index is 1030. The number of carbonyl (C=O) groups is 1. The molecule has 5 rings (SSSR count). The zero-order valence-corrected chi connectivity index (χ0v) is 15.1. The van der Waals surface area contributed by atoms with Crippen LogP contribution in [0.2, 0.25) is 0 Å². The summed E-state index contributed by atoms with van der Waals surface area (Å²) in [5.74, 6) is -0.376. The van der Waals surface area contributed by atoms with Gasteiger partial charge in [-0.2, -0.15) is 5.10 Å². The highest BCUT2D eigenvalue weighted by atomic mass is 19.1. The van der Waals surface area contributed by atoms with E-state index in [-0.39, 0.29) is 17.8 Å². The lowest BCUT2D eigenvalue weighted by Gasteiger charge is -2.27. The van der Waals surface area contributed by atoms with Crippen LogP contribution >= 0.6 is 0 Å². The molecule has 0 spiro atoms. The minimum Gasteiger partial charge on any atom is -0.372 e. The summed E-state index contributed by atoms with van der Waals surface area (Å²) in [5, 5.41) is 8.46. The van der Waals surface area contributed by atoms with E-state index in [2.05, 4.69) is 15.2 Å². The number of ether oxygens (including phenoxy) is 1. The topological polar surface area (TPSA) is 74.0 Å². The number of hydrogen-bond donors (Lipinski definition) is 2. The fraction of sp³-hybridized carbons (Fsp3) is 0.400. The Labute approximate surface area is 155 Å². The molecular weight excluding hydrogens is 347 g/mol. The van der Waals surface area contributed by atoms with E-state index in [0.29, 0.717) is 24.3 Å². The third-order valence-electron chi connectivity index (χ3n) is 5.63. The zero-order valence-electron chi connectivity index (χ0n) is 15.1. The van der Waals surface area contributed by atoms with E-state index in [4.69, 9.17) is 4.74 Å². The number of aromatic nitrogens is 3. The molecule has 1 atom stereocenters. The first kappa shape index (κ1) is 16.5. The summed E-state index contributed by atoms with van der Waals surface area (Å²) in [5.41, 5.74) is 5.08. The molecule has 2 N–H and O–H groups in total. The Kier molecular flexibility index (Phi) is 3.79. The second kappa shape index (κ2) is 6.20. The highest BCUT2D eigenvalue weighted by Crippen LogP contribution is 2.33. The van der Waals surface area contributed by atoms with Gasteiger partial charge in [0.2, 0.25) is 0 Å². The number of nitrogens with zero attached hydrogens (tertiary/aromatic N) is 2. The average molecular weight is 368 g/mol.